The molecule has 0 saturated carbocycles. The first-order chi connectivity index (χ1) is 13.9. The molecule has 0 aliphatic carbocycles. The van der Waals surface area contributed by atoms with Crippen molar-refractivity contribution in [3.63, 3.8) is 0 Å². The molecule has 5 rings (SSSR count). The Morgan fingerprint density at radius 3 is 2.89 bits per heavy atom. The molecule has 0 radical (unpaired) electrons. The highest BCUT2D eigenvalue weighted by atomic mass is 16.7. The molecule has 1 aromatic carbocycles. The van der Waals surface area contributed by atoms with E-state index >= 15 is 0 Å². The van der Waals surface area contributed by atoms with Gasteiger partial charge in [-0.2, -0.15) is 9.61 Å². The van der Waals surface area contributed by atoms with E-state index in [4.69, 9.17) is 14.2 Å². The lowest BCUT2D eigenvalue weighted by Gasteiger charge is -2.26. The van der Waals surface area contributed by atoms with Crippen LogP contribution in [0, 0.1) is 0 Å². The summed E-state index contributed by atoms with van der Waals surface area (Å²) >= 11 is 0. The molecule has 0 bridgehead atoms. The van der Waals surface area contributed by atoms with Crippen molar-refractivity contribution in [3.05, 3.63) is 36.7 Å². The summed E-state index contributed by atoms with van der Waals surface area (Å²) in [5.74, 6) is 2.48. The number of ether oxygens (including phenoxy) is 3. The number of rotatable bonds is 6. The van der Waals surface area contributed by atoms with Crippen molar-refractivity contribution in [2.24, 2.45) is 0 Å². The Hall–Kier alpha value is -2.84. The zero-order valence-electron chi connectivity index (χ0n) is 15.6. The fourth-order valence-corrected chi connectivity index (χ4v) is 3.64. The second-order valence-corrected chi connectivity index (χ2v) is 6.93. The predicted octanol–water partition coefficient (Wildman–Crippen LogP) is 2.26. The normalized spacial score (nSPS) is 16.6. The first-order valence-electron chi connectivity index (χ1n) is 9.65. The van der Waals surface area contributed by atoms with Gasteiger partial charge in [0.15, 0.2) is 17.1 Å². The van der Waals surface area contributed by atoms with Gasteiger partial charge in [-0.3, -0.25) is 4.90 Å². The number of anilines is 1. The maximum Gasteiger partial charge on any atom is 0.231 e. The molecule has 146 valence electrons. The molecule has 28 heavy (non-hydrogen) atoms. The summed E-state index contributed by atoms with van der Waals surface area (Å²) < 4.78 is 18.1. The van der Waals surface area contributed by atoms with Gasteiger partial charge in [0.05, 0.1) is 19.4 Å². The van der Waals surface area contributed by atoms with Crippen LogP contribution in [0.15, 0.2) is 36.7 Å². The van der Waals surface area contributed by atoms with Crippen molar-refractivity contribution in [2.75, 3.05) is 51.5 Å². The Morgan fingerprint density at radius 2 is 1.96 bits per heavy atom. The van der Waals surface area contributed by atoms with Gasteiger partial charge in [-0.25, -0.2) is 4.98 Å². The molecular formula is C20H23N5O3. The molecule has 8 heteroatoms. The maximum absolute atomic E-state index is 5.49. The number of nitrogens with zero attached hydrogens (tertiary/aromatic N) is 4. The van der Waals surface area contributed by atoms with E-state index in [1.165, 1.54) is 0 Å². The van der Waals surface area contributed by atoms with Crippen LogP contribution < -0.4 is 14.8 Å². The van der Waals surface area contributed by atoms with Gasteiger partial charge in [-0.15, -0.1) is 0 Å². The van der Waals surface area contributed by atoms with E-state index in [2.05, 4.69) is 20.3 Å². The summed E-state index contributed by atoms with van der Waals surface area (Å²) in [4.78, 5) is 6.98. The van der Waals surface area contributed by atoms with Gasteiger partial charge in [0.25, 0.3) is 0 Å². The summed E-state index contributed by atoms with van der Waals surface area (Å²) in [7, 11) is 0. The molecule has 0 atom stereocenters. The van der Waals surface area contributed by atoms with Crippen LogP contribution in [0.2, 0.25) is 0 Å². The van der Waals surface area contributed by atoms with Crippen LogP contribution in [0.25, 0.3) is 16.8 Å². The van der Waals surface area contributed by atoms with Crippen LogP contribution in [0.1, 0.15) is 6.42 Å². The van der Waals surface area contributed by atoms with Crippen LogP contribution in [0.4, 0.5) is 5.82 Å². The lowest BCUT2D eigenvalue weighted by atomic mass is 10.1. The average Bonchev–Trinajstić information content (AvgIpc) is 3.38. The summed E-state index contributed by atoms with van der Waals surface area (Å²) in [6, 6.07) is 7.87. The number of hydrogen-bond acceptors (Lipinski definition) is 7. The number of morpholine rings is 1. The van der Waals surface area contributed by atoms with E-state index < -0.39 is 0 Å². The highest BCUT2D eigenvalue weighted by molar-refractivity contribution is 5.79. The van der Waals surface area contributed by atoms with Crippen molar-refractivity contribution in [3.8, 4) is 22.6 Å². The number of aromatic nitrogens is 3. The Bertz CT molecular complexity index is 968. The minimum absolute atomic E-state index is 0.268. The number of benzene rings is 1. The van der Waals surface area contributed by atoms with Crippen molar-refractivity contribution in [1.29, 1.82) is 0 Å². The molecule has 0 unspecified atom stereocenters. The lowest BCUT2D eigenvalue weighted by Crippen LogP contribution is -2.37. The van der Waals surface area contributed by atoms with Gasteiger partial charge in [-0.1, -0.05) is 6.07 Å². The quantitative estimate of drug-likeness (QED) is 0.657. The smallest absolute Gasteiger partial charge is 0.231 e. The van der Waals surface area contributed by atoms with Crippen molar-refractivity contribution in [1.82, 2.24) is 19.5 Å². The molecule has 2 aliphatic heterocycles. The average molecular weight is 381 g/mol. The Labute approximate surface area is 163 Å². The van der Waals surface area contributed by atoms with Crippen molar-refractivity contribution < 1.29 is 14.2 Å². The first-order valence-corrected chi connectivity index (χ1v) is 9.65. The van der Waals surface area contributed by atoms with E-state index in [0.717, 1.165) is 79.9 Å². The summed E-state index contributed by atoms with van der Waals surface area (Å²) in [6.07, 6.45) is 4.73. The second-order valence-electron chi connectivity index (χ2n) is 6.93. The van der Waals surface area contributed by atoms with E-state index in [0.29, 0.717) is 0 Å². The third-order valence-electron chi connectivity index (χ3n) is 5.15. The molecule has 2 aliphatic rings. The minimum Gasteiger partial charge on any atom is -0.454 e. The minimum atomic E-state index is 0.268. The van der Waals surface area contributed by atoms with E-state index in [-0.39, 0.29) is 6.79 Å². The highest BCUT2D eigenvalue weighted by Gasteiger charge is 2.17. The number of nitrogens with one attached hydrogen (secondary N) is 1. The fraction of sp³-hybridized carbons (Fsp3) is 0.400. The van der Waals surface area contributed by atoms with Gasteiger partial charge < -0.3 is 19.5 Å². The Kier molecular flexibility index (Phi) is 4.72. The Morgan fingerprint density at radius 1 is 1.07 bits per heavy atom. The van der Waals surface area contributed by atoms with Crippen molar-refractivity contribution >= 4 is 11.5 Å². The van der Waals surface area contributed by atoms with Crippen molar-refractivity contribution in [2.45, 2.75) is 6.42 Å². The van der Waals surface area contributed by atoms with Gasteiger partial charge in [-0.05, 0) is 36.7 Å². The van der Waals surface area contributed by atoms with Crippen LogP contribution in [0.3, 0.4) is 0 Å². The van der Waals surface area contributed by atoms with Gasteiger partial charge in [0.2, 0.25) is 6.79 Å². The largest absolute Gasteiger partial charge is 0.454 e. The topological polar surface area (TPSA) is 73.2 Å². The van der Waals surface area contributed by atoms with E-state index in [1.54, 1.807) is 0 Å². The van der Waals surface area contributed by atoms with Crippen LogP contribution in [-0.2, 0) is 4.74 Å². The van der Waals surface area contributed by atoms with Crippen LogP contribution in [-0.4, -0.2) is 65.7 Å². The number of hydrogen-bond donors (Lipinski definition) is 1. The summed E-state index contributed by atoms with van der Waals surface area (Å²) in [5, 5.41) is 8.04. The molecule has 3 aromatic rings. The lowest BCUT2D eigenvalue weighted by molar-refractivity contribution is 0.0378. The van der Waals surface area contributed by atoms with Crippen LogP contribution in [0.5, 0.6) is 11.5 Å². The number of fused-ring (bicyclic) bond motifs is 2. The molecule has 8 nitrogen and oxygen atoms in total. The third kappa shape index (κ3) is 3.36. The second kappa shape index (κ2) is 7.65. The molecule has 0 spiro atoms. The monoisotopic (exact) mass is 381 g/mol. The van der Waals surface area contributed by atoms with Gasteiger partial charge in [0, 0.05) is 31.4 Å². The summed E-state index contributed by atoms with van der Waals surface area (Å²) in [6.45, 7) is 5.96. The first kappa shape index (κ1) is 17.3. The highest BCUT2D eigenvalue weighted by Crippen LogP contribution is 2.36. The van der Waals surface area contributed by atoms with Crippen LogP contribution >= 0.6 is 0 Å². The molecule has 0 amide bonds. The molecule has 1 fully saturated rings. The van der Waals surface area contributed by atoms with E-state index in [1.807, 2.05) is 41.2 Å². The van der Waals surface area contributed by atoms with Gasteiger partial charge >= 0.3 is 0 Å². The zero-order chi connectivity index (χ0) is 18.8. The van der Waals surface area contributed by atoms with E-state index in [9.17, 15) is 0 Å². The third-order valence-corrected chi connectivity index (χ3v) is 5.15. The Balaban J connectivity index is 1.30. The molecule has 4 heterocycles. The zero-order valence-corrected chi connectivity index (χ0v) is 15.6. The SMILES string of the molecule is c1cc(NCCCN2CCOCC2)n2ncc(-c3ccc4c(c3)OCO4)c2n1. The standard InChI is InChI=1S/C20H23N5O3/c1(7-24-8-10-26-11-9-24)5-21-19-4-6-22-20-16(13-23-25(19)20)15-2-3-17-18(12-15)28-14-27-17/h2-4,6,12-13,21H,1,5,7-11,14H2. The molecule has 2 aromatic heterocycles. The molecular weight excluding hydrogens is 358 g/mol. The van der Waals surface area contributed by atoms with Gasteiger partial charge in [0.1, 0.15) is 5.82 Å². The molecule has 1 saturated heterocycles. The predicted molar refractivity (Wildman–Crippen MR) is 105 cm³/mol. The molecule has 1 N–H and O–H groups in total. The maximum atomic E-state index is 5.49. The fourth-order valence-electron chi connectivity index (χ4n) is 3.64. The summed E-state index contributed by atoms with van der Waals surface area (Å²) in [5.41, 5.74) is 2.79.